The summed E-state index contributed by atoms with van der Waals surface area (Å²) in [7, 11) is 0. The van der Waals surface area contributed by atoms with Gasteiger partial charge in [-0.3, -0.25) is 4.98 Å². The van der Waals surface area contributed by atoms with Crippen molar-refractivity contribution in [1.29, 1.82) is 0 Å². The first kappa shape index (κ1) is 35.8. The van der Waals surface area contributed by atoms with E-state index < -0.39 is 5.41 Å². The molecule has 2 aliphatic carbocycles. The Labute approximate surface area is 360 Å². The van der Waals surface area contributed by atoms with Crippen molar-refractivity contribution in [3.8, 4) is 56.2 Å². The van der Waals surface area contributed by atoms with Crippen LogP contribution in [0.25, 0.3) is 68.3 Å². The molecule has 1 unspecified atom stereocenters. The minimum absolute atomic E-state index is 0.114. The van der Waals surface area contributed by atoms with Crippen LogP contribution >= 0.6 is 11.8 Å². The van der Waals surface area contributed by atoms with E-state index in [0.717, 1.165) is 39.2 Å². The van der Waals surface area contributed by atoms with Crippen LogP contribution in [0.2, 0.25) is 0 Å². The molecule has 0 N–H and O–H groups in total. The van der Waals surface area contributed by atoms with Gasteiger partial charge in [0.1, 0.15) is 0 Å². The summed E-state index contributed by atoms with van der Waals surface area (Å²) in [6.45, 7) is 4.75. The Bertz CT molecular complexity index is 3240. The lowest BCUT2D eigenvalue weighted by Gasteiger charge is -2.43. The van der Waals surface area contributed by atoms with E-state index in [1.165, 1.54) is 65.4 Å². The molecule has 3 heterocycles. The highest BCUT2D eigenvalue weighted by atomic mass is 32.2. The molecular weight excluding hydrogens is 759 g/mol. The number of hydrogen-bond acceptors (Lipinski definition) is 4. The zero-order valence-electron chi connectivity index (χ0n) is 33.8. The van der Waals surface area contributed by atoms with Crippen molar-refractivity contribution in [2.45, 2.75) is 34.5 Å². The van der Waals surface area contributed by atoms with Crippen LogP contribution in [-0.4, -0.2) is 15.0 Å². The van der Waals surface area contributed by atoms with Gasteiger partial charge in [-0.05, 0) is 103 Å². The molecule has 0 saturated carbocycles. The van der Waals surface area contributed by atoms with E-state index in [-0.39, 0.29) is 5.41 Å². The normalized spacial score (nSPS) is 16.1. The molecule has 7 aromatic carbocycles. The predicted octanol–water partition coefficient (Wildman–Crippen LogP) is 14.2. The van der Waals surface area contributed by atoms with Gasteiger partial charge in [-0.1, -0.05) is 177 Å². The highest BCUT2D eigenvalue weighted by Crippen LogP contribution is 2.61. The Morgan fingerprint density at radius 3 is 1.84 bits per heavy atom. The molecule has 3 aliphatic rings. The molecule has 1 aliphatic heterocycles. The number of hydrogen-bond donors (Lipinski definition) is 0. The average Bonchev–Trinajstić information content (AvgIpc) is 3.44. The van der Waals surface area contributed by atoms with Gasteiger partial charge in [0.05, 0.1) is 16.8 Å². The molecule has 1 spiro atoms. The Balaban J connectivity index is 1.12. The maximum absolute atomic E-state index is 5.38. The van der Waals surface area contributed by atoms with E-state index in [0.29, 0.717) is 5.82 Å². The third-order valence-electron chi connectivity index (χ3n) is 13.1. The van der Waals surface area contributed by atoms with Gasteiger partial charge in [0.15, 0.2) is 5.82 Å². The first-order chi connectivity index (χ1) is 30.0. The zero-order chi connectivity index (χ0) is 40.7. The topological polar surface area (TPSA) is 38.7 Å². The standard InChI is InChI=1S/C57H39N3S/c1-56(2)46-19-9-7-17-43(46)44-32-50-54(33-49(44)56)61-53-21-11-10-20-47(53)57(50)45-18-8-6-13-37(45)24-25-38-26-29-41(31-48(38)57)55-59-51(39-14-4-3-5-15-39)34-52(60-55)40-27-22-36(23-28-40)42-16-12-30-58-35-42/h3-35H,1-2H3. The summed E-state index contributed by atoms with van der Waals surface area (Å²) in [6, 6.07) is 64.2. The van der Waals surface area contributed by atoms with Crippen molar-refractivity contribution in [1.82, 2.24) is 15.0 Å². The molecule has 2 aromatic heterocycles. The summed E-state index contributed by atoms with van der Waals surface area (Å²) in [5.41, 5.74) is 19.2. The quantitative estimate of drug-likeness (QED) is 0.178. The van der Waals surface area contributed by atoms with E-state index in [1.807, 2.05) is 30.1 Å². The fourth-order valence-electron chi connectivity index (χ4n) is 10.1. The van der Waals surface area contributed by atoms with Crippen LogP contribution in [0.5, 0.6) is 0 Å². The SMILES string of the molecule is CC1(C)c2ccccc2-c2cc3c(cc21)Sc1ccccc1C31c2ccccc2C=Cc2ccc(-c3nc(-c4ccccc4)cc(-c4ccc(-c5cccnc5)cc4)n3)cc21. The van der Waals surface area contributed by atoms with Crippen molar-refractivity contribution < 1.29 is 0 Å². The highest BCUT2D eigenvalue weighted by molar-refractivity contribution is 7.99. The van der Waals surface area contributed by atoms with Gasteiger partial charge >= 0.3 is 0 Å². The molecule has 0 amide bonds. The average molecular weight is 798 g/mol. The molecule has 288 valence electrons. The fourth-order valence-corrected chi connectivity index (χ4v) is 11.3. The van der Waals surface area contributed by atoms with Crippen molar-refractivity contribution >= 4 is 23.9 Å². The van der Waals surface area contributed by atoms with Crippen LogP contribution in [0, 0.1) is 0 Å². The summed E-state index contributed by atoms with van der Waals surface area (Å²) in [6.07, 6.45) is 8.32. The summed E-state index contributed by atoms with van der Waals surface area (Å²) in [5.74, 6) is 0.690. The van der Waals surface area contributed by atoms with Crippen LogP contribution in [0.4, 0.5) is 0 Å². The third-order valence-corrected chi connectivity index (χ3v) is 14.2. The van der Waals surface area contributed by atoms with Crippen molar-refractivity contribution in [2.24, 2.45) is 0 Å². The second-order valence-electron chi connectivity index (χ2n) is 16.8. The van der Waals surface area contributed by atoms with Gasteiger partial charge in [-0.25, -0.2) is 9.97 Å². The van der Waals surface area contributed by atoms with E-state index >= 15 is 0 Å². The van der Waals surface area contributed by atoms with Gasteiger partial charge in [0.25, 0.3) is 0 Å². The summed E-state index contributed by atoms with van der Waals surface area (Å²) < 4.78 is 0. The number of aromatic nitrogens is 3. The van der Waals surface area contributed by atoms with Crippen LogP contribution < -0.4 is 0 Å². The molecule has 0 bridgehead atoms. The zero-order valence-corrected chi connectivity index (χ0v) is 34.6. The molecule has 0 fully saturated rings. The maximum atomic E-state index is 5.38. The number of fused-ring (bicyclic) bond motifs is 11. The molecule has 1 atom stereocenters. The van der Waals surface area contributed by atoms with E-state index in [9.17, 15) is 0 Å². The summed E-state index contributed by atoms with van der Waals surface area (Å²) in [5, 5.41) is 0. The van der Waals surface area contributed by atoms with Gasteiger partial charge in [0, 0.05) is 44.3 Å². The lowest BCUT2D eigenvalue weighted by molar-refractivity contribution is 0.652. The lowest BCUT2D eigenvalue weighted by Crippen LogP contribution is -2.35. The largest absolute Gasteiger partial charge is 0.264 e. The summed E-state index contributed by atoms with van der Waals surface area (Å²) in [4.78, 5) is 17.6. The monoisotopic (exact) mass is 797 g/mol. The van der Waals surface area contributed by atoms with Gasteiger partial charge in [-0.15, -0.1) is 0 Å². The first-order valence-electron chi connectivity index (χ1n) is 20.9. The number of benzene rings is 7. The Morgan fingerprint density at radius 1 is 0.410 bits per heavy atom. The molecule has 61 heavy (non-hydrogen) atoms. The van der Waals surface area contributed by atoms with Gasteiger partial charge in [-0.2, -0.15) is 0 Å². The first-order valence-corrected chi connectivity index (χ1v) is 21.7. The molecular formula is C57H39N3S. The fraction of sp³-hybridized carbons (Fsp3) is 0.0702. The Hall–Kier alpha value is -7.14. The molecule has 0 radical (unpaired) electrons. The number of nitrogens with zero attached hydrogens (tertiary/aromatic N) is 3. The Morgan fingerprint density at radius 2 is 1.05 bits per heavy atom. The minimum atomic E-state index is -0.638. The predicted molar refractivity (Wildman–Crippen MR) is 250 cm³/mol. The van der Waals surface area contributed by atoms with Crippen molar-refractivity contribution in [3.63, 3.8) is 0 Å². The number of pyridine rings is 1. The van der Waals surface area contributed by atoms with Crippen LogP contribution in [0.15, 0.2) is 198 Å². The highest BCUT2D eigenvalue weighted by Gasteiger charge is 2.49. The molecule has 4 heteroatoms. The van der Waals surface area contributed by atoms with Crippen LogP contribution in [0.1, 0.15) is 58.4 Å². The molecule has 9 aromatic rings. The van der Waals surface area contributed by atoms with E-state index in [4.69, 9.17) is 9.97 Å². The second-order valence-corrected chi connectivity index (χ2v) is 17.9. The molecule has 0 saturated heterocycles. The van der Waals surface area contributed by atoms with Gasteiger partial charge < -0.3 is 0 Å². The summed E-state index contributed by atoms with van der Waals surface area (Å²) >= 11 is 1.90. The van der Waals surface area contributed by atoms with Crippen molar-refractivity contribution in [3.05, 3.63) is 233 Å². The lowest BCUT2D eigenvalue weighted by atomic mass is 9.62. The van der Waals surface area contributed by atoms with Crippen LogP contribution in [0.3, 0.4) is 0 Å². The van der Waals surface area contributed by atoms with E-state index in [1.54, 1.807) is 6.20 Å². The maximum Gasteiger partial charge on any atom is 0.160 e. The number of rotatable bonds is 4. The smallest absolute Gasteiger partial charge is 0.160 e. The Kier molecular flexibility index (Phi) is 8.04. The molecule has 3 nitrogen and oxygen atoms in total. The van der Waals surface area contributed by atoms with Gasteiger partial charge in [0.2, 0.25) is 0 Å². The van der Waals surface area contributed by atoms with E-state index in [2.05, 4.69) is 195 Å². The minimum Gasteiger partial charge on any atom is -0.264 e. The third kappa shape index (κ3) is 5.49. The second kappa shape index (κ2) is 13.7. The van der Waals surface area contributed by atoms with Crippen molar-refractivity contribution in [2.75, 3.05) is 0 Å². The van der Waals surface area contributed by atoms with Crippen LogP contribution in [-0.2, 0) is 10.8 Å². The molecule has 12 rings (SSSR count).